The standard InChI is InChI=1S/C11H17N3O3/c1-13-10(16)7-3-5-14(9(15)2-4-12)6-8(7)11(13)17/h7-8H,2-6,12H2,1H3/t7-,8-/m0/s1. The number of rotatable bonds is 2. The molecule has 2 aliphatic heterocycles. The molecule has 2 N–H and O–H groups in total. The lowest BCUT2D eigenvalue weighted by Crippen LogP contribution is -2.45. The second kappa shape index (κ2) is 4.44. The van der Waals surface area contributed by atoms with Gasteiger partial charge < -0.3 is 10.6 Å². The lowest BCUT2D eigenvalue weighted by molar-refractivity contribution is -0.138. The predicted molar refractivity (Wildman–Crippen MR) is 59.6 cm³/mol. The van der Waals surface area contributed by atoms with Crippen LogP contribution in [0.1, 0.15) is 12.8 Å². The SMILES string of the molecule is CN1C(=O)[C@H]2CCN(C(=O)CCN)C[C@@H]2C1=O. The molecule has 2 rings (SSSR count). The van der Waals surface area contributed by atoms with Crippen molar-refractivity contribution in [3.05, 3.63) is 0 Å². The molecule has 0 radical (unpaired) electrons. The molecule has 2 fully saturated rings. The van der Waals surface area contributed by atoms with Crippen molar-refractivity contribution >= 4 is 17.7 Å². The zero-order valence-corrected chi connectivity index (χ0v) is 9.89. The van der Waals surface area contributed by atoms with Crippen LogP contribution in [0.2, 0.25) is 0 Å². The monoisotopic (exact) mass is 239 g/mol. The quantitative estimate of drug-likeness (QED) is 0.613. The Kier molecular flexibility index (Phi) is 3.15. The van der Waals surface area contributed by atoms with E-state index in [1.807, 2.05) is 0 Å². The van der Waals surface area contributed by atoms with Crippen LogP contribution in [0.15, 0.2) is 0 Å². The molecule has 0 aromatic rings. The Morgan fingerprint density at radius 3 is 2.65 bits per heavy atom. The molecule has 0 saturated carbocycles. The molecule has 0 unspecified atom stereocenters. The molecule has 0 bridgehead atoms. The maximum atomic E-state index is 11.8. The van der Waals surface area contributed by atoms with E-state index in [4.69, 9.17) is 5.73 Å². The molecular formula is C11H17N3O3. The lowest BCUT2D eigenvalue weighted by Gasteiger charge is -2.32. The van der Waals surface area contributed by atoms with Gasteiger partial charge in [-0.1, -0.05) is 0 Å². The number of carbonyl (C=O) groups is 3. The van der Waals surface area contributed by atoms with Gasteiger partial charge in [-0.2, -0.15) is 0 Å². The fourth-order valence-electron chi connectivity index (χ4n) is 2.61. The van der Waals surface area contributed by atoms with Crippen molar-refractivity contribution in [1.29, 1.82) is 0 Å². The van der Waals surface area contributed by atoms with Crippen molar-refractivity contribution in [3.63, 3.8) is 0 Å². The highest BCUT2D eigenvalue weighted by atomic mass is 16.2. The van der Waals surface area contributed by atoms with E-state index >= 15 is 0 Å². The van der Waals surface area contributed by atoms with Gasteiger partial charge in [-0.15, -0.1) is 0 Å². The molecule has 0 spiro atoms. The number of carbonyl (C=O) groups excluding carboxylic acids is 3. The average Bonchev–Trinajstić information content (AvgIpc) is 2.55. The fraction of sp³-hybridized carbons (Fsp3) is 0.727. The Labute approximate surface area is 99.7 Å². The van der Waals surface area contributed by atoms with Crippen LogP contribution in [0.25, 0.3) is 0 Å². The molecule has 3 amide bonds. The predicted octanol–water partition coefficient (Wildman–Crippen LogP) is -1.20. The van der Waals surface area contributed by atoms with Gasteiger partial charge in [0.2, 0.25) is 17.7 Å². The minimum atomic E-state index is -0.344. The molecule has 0 aliphatic carbocycles. The van der Waals surface area contributed by atoms with Crippen molar-refractivity contribution in [3.8, 4) is 0 Å². The van der Waals surface area contributed by atoms with E-state index in [2.05, 4.69) is 0 Å². The number of nitrogens with zero attached hydrogens (tertiary/aromatic N) is 2. The molecule has 2 heterocycles. The number of imide groups is 1. The van der Waals surface area contributed by atoms with Crippen LogP contribution >= 0.6 is 0 Å². The van der Waals surface area contributed by atoms with Gasteiger partial charge in [-0.05, 0) is 6.42 Å². The van der Waals surface area contributed by atoms with Crippen LogP contribution in [0.5, 0.6) is 0 Å². The van der Waals surface area contributed by atoms with E-state index in [-0.39, 0.29) is 29.6 Å². The maximum absolute atomic E-state index is 11.8. The smallest absolute Gasteiger partial charge is 0.234 e. The van der Waals surface area contributed by atoms with E-state index in [0.29, 0.717) is 32.5 Å². The summed E-state index contributed by atoms with van der Waals surface area (Å²) < 4.78 is 0. The summed E-state index contributed by atoms with van der Waals surface area (Å²) in [5.41, 5.74) is 5.34. The maximum Gasteiger partial charge on any atom is 0.234 e. The van der Waals surface area contributed by atoms with E-state index < -0.39 is 0 Å². The average molecular weight is 239 g/mol. The van der Waals surface area contributed by atoms with Crippen LogP contribution in [0, 0.1) is 11.8 Å². The second-order valence-electron chi connectivity index (χ2n) is 4.62. The number of hydrogen-bond donors (Lipinski definition) is 1. The summed E-state index contributed by atoms with van der Waals surface area (Å²) in [4.78, 5) is 38.1. The zero-order chi connectivity index (χ0) is 12.6. The van der Waals surface area contributed by atoms with Crippen molar-refractivity contribution in [2.75, 3.05) is 26.7 Å². The zero-order valence-electron chi connectivity index (χ0n) is 9.89. The van der Waals surface area contributed by atoms with Gasteiger partial charge >= 0.3 is 0 Å². The van der Waals surface area contributed by atoms with Crippen LogP contribution in [0.4, 0.5) is 0 Å². The highest BCUT2D eigenvalue weighted by molar-refractivity contribution is 6.05. The number of fused-ring (bicyclic) bond motifs is 1. The van der Waals surface area contributed by atoms with E-state index in [0.717, 1.165) is 0 Å². The Morgan fingerprint density at radius 1 is 1.35 bits per heavy atom. The third-order valence-electron chi connectivity index (χ3n) is 3.62. The normalized spacial score (nSPS) is 28.6. The first-order chi connectivity index (χ1) is 8.06. The minimum Gasteiger partial charge on any atom is -0.342 e. The van der Waals surface area contributed by atoms with Crippen LogP contribution in [-0.2, 0) is 14.4 Å². The van der Waals surface area contributed by atoms with Gasteiger partial charge in [0.05, 0.1) is 11.8 Å². The number of piperidine rings is 1. The van der Waals surface area contributed by atoms with Crippen molar-refractivity contribution < 1.29 is 14.4 Å². The van der Waals surface area contributed by atoms with Crippen molar-refractivity contribution in [1.82, 2.24) is 9.80 Å². The van der Waals surface area contributed by atoms with Gasteiger partial charge in [-0.3, -0.25) is 19.3 Å². The Morgan fingerprint density at radius 2 is 2.00 bits per heavy atom. The van der Waals surface area contributed by atoms with Gasteiger partial charge in [0.15, 0.2) is 0 Å². The summed E-state index contributed by atoms with van der Waals surface area (Å²) in [7, 11) is 1.51. The van der Waals surface area contributed by atoms with E-state index in [1.165, 1.54) is 11.9 Å². The Bertz CT molecular complexity index is 369. The topological polar surface area (TPSA) is 83.7 Å². The second-order valence-corrected chi connectivity index (χ2v) is 4.62. The molecule has 2 saturated heterocycles. The van der Waals surface area contributed by atoms with Gasteiger partial charge in [0.1, 0.15) is 0 Å². The number of nitrogens with two attached hydrogens (primary N) is 1. The first-order valence-corrected chi connectivity index (χ1v) is 5.85. The van der Waals surface area contributed by atoms with Gasteiger partial charge in [0.25, 0.3) is 0 Å². The number of amides is 3. The molecule has 0 aromatic carbocycles. The molecule has 17 heavy (non-hydrogen) atoms. The first kappa shape index (κ1) is 12.0. The molecular weight excluding hydrogens is 222 g/mol. The molecule has 2 atom stereocenters. The molecule has 2 aliphatic rings. The van der Waals surface area contributed by atoms with Crippen LogP contribution in [0.3, 0.4) is 0 Å². The highest BCUT2D eigenvalue weighted by Gasteiger charge is 2.48. The summed E-state index contributed by atoms with van der Waals surface area (Å²) >= 11 is 0. The van der Waals surface area contributed by atoms with Crippen molar-refractivity contribution in [2.45, 2.75) is 12.8 Å². The highest BCUT2D eigenvalue weighted by Crippen LogP contribution is 2.32. The summed E-state index contributed by atoms with van der Waals surface area (Å²) in [5.74, 6) is -0.866. The summed E-state index contributed by atoms with van der Waals surface area (Å²) in [6.45, 7) is 1.22. The summed E-state index contributed by atoms with van der Waals surface area (Å²) in [6.07, 6.45) is 0.880. The Hall–Kier alpha value is -1.43. The molecule has 6 heteroatoms. The Balaban J connectivity index is 2.07. The van der Waals surface area contributed by atoms with Gasteiger partial charge in [0, 0.05) is 33.1 Å². The van der Waals surface area contributed by atoms with Crippen LogP contribution in [-0.4, -0.2) is 54.2 Å². The van der Waals surface area contributed by atoms with E-state index in [9.17, 15) is 14.4 Å². The van der Waals surface area contributed by atoms with Crippen LogP contribution < -0.4 is 5.73 Å². The summed E-state index contributed by atoms with van der Waals surface area (Å²) in [5, 5.41) is 0. The van der Waals surface area contributed by atoms with E-state index in [1.54, 1.807) is 4.90 Å². The largest absolute Gasteiger partial charge is 0.342 e. The summed E-state index contributed by atoms with van der Waals surface area (Å²) in [6, 6.07) is 0. The lowest BCUT2D eigenvalue weighted by atomic mass is 9.87. The third kappa shape index (κ3) is 1.93. The van der Waals surface area contributed by atoms with Gasteiger partial charge in [-0.25, -0.2) is 0 Å². The minimum absolute atomic E-state index is 0.0271. The number of hydrogen-bond acceptors (Lipinski definition) is 4. The van der Waals surface area contributed by atoms with Crippen molar-refractivity contribution in [2.24, 2.45) is 17.6 Å². The number of likely N-dealkylation sites (tertiary alicyclic amines) is 2. The molecule has 6 nitrogen and oxygen atoms in total. The fourth-order valence-corrected chi connectivity index (χ4v) is 2.61. The third-order valence-corrected chi connectivity index (χ3v) is 3.62. The first-order valence-electron chi connectivity index (χ1n) is 5.85. The molecule has 94 valence electrons. The molecule has 0 aromatic heterocycles.